The molecule has 0 amide bonds. The van der Waals surface area contributed by atoms with Gasteiger partial charge in [0.25, 0.3) is 0 Å². The van der Waals surface area contributed by atoms with E-state index in [4.69, 9.17) is 14.6 Å². The van der Waals surface area contributed by atoms with Gasteiger partial charge in [0.15, 0.2) is 14.1 Å². The van der Waals surface area contributed by atoms with Crippen LogP contribution in [0.3, 0.4) is 0 Å². The Labute approximate surface area is 220 Å². The van der Waals surface area contributed by atoms with E-state index in [1.165, 1.54) is 5.56 Å². The summed E-state index contributed by atoms with van der Waals surface area (Å²) < 4.78 is 9.09. The Bertz CT molecular complexity index is 1230. The van der Waals surface area contributed by atoms with Gasteiger partial charge in [0.05, 0.1) is 5.41 Å². The molecule has 3 aromatic rings. The fourth-order valence-electron chi connectivity index (χ4n) is 4.71. The van der Waals surface area contributed by atoms with Crippen molar-refractivity contribution in [3.63, 3.8) is 0 Å². The van der Waals surface area contributed by atoms with Crippen LogP contribution in [0.25, 0.3) is 11.4 Å². The van der Waals surface area contributed by atoms with Crippen molar-refractivity contribution < 1.29 is 4.43 Å². The molecular formula is C28H39N5OSSi. The van der Waals surface area contributed by atoms with Gasteiger partial charge in [-0.05, 0) is 55.9 Å². The third-order valence-electron chi connectivity index (χ3n) is 8.32. The molecular weight excluding hydrogens is 482 g/mol. The van der Waals surface area contributed by atoms with E-state index in [1.54, 1.807) is 0 Å². The molecule has 0 bridgehead atoms. The second kappa shape index (κ2) is 9.06. The molecule has 1 fully saturated rings. The minimum atomic E-state index is -1.80. The predicted molar refractivity (Wildman–Crippen MR) is 150 cm³/mol. The monoisotopic (exact) mass is 521 g/mol. The summed E-state index contributed by atoms with van der Waals surface area (Å²) in [6.07, 6.45) is 6.86. The lowest BCUT2D eigenvalue weighted by Crippen LogP contribution is -2.45. The number of aromatic nitrogens is 5. The van der Waals surface area contributed by atoms with Gasteiger partial charge in [-0.15, -0.1) is 10.2 Å². The van der Waals surface area contributed by atoms with Gasteiger partial charge >= 0.3 is 0 Å². The molecule has 1 aliphatic carbocycles. The van der Waals surface area contributed by atoms with Crippen LogP contribution < -0.4 is 0 Å². The number of fused-ring (bicyclic) bond motifs is 1. The molecule has 36 heavy (non-hydrogen) atoms. The summed E-state index contributed by atoms with van der Waals surface area (Å²) in [6, 6.07) is 8.75. The summed E-state index contributed by atoms with van der Waals surface area (Å²) in [7, 11) is -1.80. The van der Waals surface area contributed by atoms with Crippen LogP contribution in [-0.4, -0.2) is 50.2 Å². The first kappa shape index (κ1) is 25.6. The van der Waals surface area contributed by atoms with Crippen LogP contribution >= 0.6 is 11.8 Å². The van der Waals surface area contributed by atoms with Crippen LogP contribution in [0.4, 0.5) is 0 Å². The SMILES string of the molecule is Cc1cnc(-c2ccc(C3(c4nnc5n4CCSC(C)(CO[Si](C)(C)C(C)(C)C)C5)CC3)cc2)nc1. The van der Waals surface area contributed by atoms with Gasteiger partial charge in [0.2, 0.25) is 0 Å². The average Bonchev–Trinajstić information content (AvgIpc) is 3.57. The smallest absolute Gasteiger partial charge is 0.192 e. The average molecular weight is 522 g/mol. The van der Waals surface area contributed by atoms with Crippen LogP contribution in [0.2, 0.25) is 18.1 Å². The van der Waals surface area contributed by atoms with E-state index >= 15 is 0 Å². The van der Waals surface area contributed by atoms with Gasteiger partial charge in [-0.2, -0.15) is 11.8 Å². The van der Waals surface area contributed by atoms with Crippen molar-refractivity contribution in [3.05, 3.63) is 59.4 Å². The lowest BCUT2D eigenvalue weighted by atomic mass is 9.93. The Hall–Kier alpha value is -2.03. The standard InChI is InChI=1S/C28H39N5OSSi/c1-20-17-29-24(30-18-20)21-8-10-22(11-9-21)28(12-13-28)25-32-31-23-16-27(5,35-15-14-33(23)25)19-34-36(6,7)26(2,3)4/h8-11,17-18H,12-16,19H2,1-7H3. The quantitative estimate of drug-likeness (QED) is 0.360. The molecule has 1 atom stereocenters. The minimum Gasteiger partial charge on any atom is -0.415 e. The fourth-order valence-corrected chi connectivity index (χ4v) is 7.07. The molecule has 1 aliphatic heterocycles. The van der Waals surface area contributed by atoms with E-state index in [2.05, 4.69) is 79.6 Å². The van der Waals surface area contributed by atoms with Crippen LogP contribution in [-0.2, 0) is 22.8 Å². The van der Waals surface area contributed by atoms with E-state index in [1.807, 2.05) is 31.1 Å². The zero-order valence-electron chi connectivity index (χ0n) is 22.8. The highest BCUT2D eigenvalue weighted by atomic mass is 32.2. The third kappa shape index (κ3) is 4.79. The van der Waals surface area contributed by atoms with E-state index in [0.717, 1.165) is 66.8 Å². The number of aryl methyl sites for hydroxylation is 1. The summed E-state index contributed by atoms with van der Waals surface area (Å²) >= 11 is 2.03. The molecule has 1 unspecified atom stereocenters. The first-order valence-corrected chi connectivity index (χ1v) is 16.9. The molecule has 3 heterocycles. The number of benzene rings is 1. The normalized spacial score (nSPS) is 21.6. The van der Waals surface area contributed by atoms with Crippen molar-refractivity contribution >= 4 is 20.1 Å². The van der Waals surface area contributed by atoms with E-state index < -0.39 is 8.32 Å². The van der Waals surface area contributed by atoms with Crippen molar-refractivity contribution in [2.75, 3.05) is 12.4 Å². The Morgan fingerprint density at radius 3 is 2.33 bits per heavy atom. The maximum absolute atomic E-state index is 6.67. The second-order valence-electron chi connectivity index (χ2n) is 12.4. The summed E-state index contributed by atoms with van der Waals surface area (Å²) in [5.74, 6) is 4.05. The first-order chi connectivity index (χ1) is 16.9. The van der Waals surface area contributed by atoms with Gasteiger partial charge in [0, 0.05) is 48.0 Å². The number of thioether (sulfide) groups is 1. The van der Waals surface area contributed by atoms with Gasteiger partial charge in [-0.1, -0.05) is 45.0 Å². The van der Waals surface area contributed by atoms with Crippen LogP contribution in [0.1, 0.15) is 63.3 Å². The molecule has 8 heteroatoms. The third-order valence-corrected chi connectivity index (χ3v) is 14.1. The van der Waals surface area contributed by atoms with Crippen LogP contribution in [0.5, 0.6) is 0 Å². The summed E-state index contributed by atoms with van der Waals surface area (Å²) in [5.41, 5.74) is 3.40. The molecule has 5 rings (SSSR count). The van der Waals surface area contributed by atoms with E-state index in [-0.39, 0.29) is 15.2 Å². The maximum atomic E-state index is 6.67. The van der Waals surface area contributed by atoms with Crippen LogP contribution in [0.15, 0.2) is 36.7 Å². The second-order valence-corrected chi connectivity index (χ2v) is 18.9. The molecule has 1 saturated carbocycles. The highest BCUT2D eigenvalue weighted by molar-refractivity contribution is 8.00. The Balaban J connectivity index is 1.36. The Morgan fingerprint density at radius 1 is 1.06 bits per heavy atom. The number of rotatable bonds is 6. The largest absolute Gasteiger partial charge is 0.415 e. The Kier molecular flexibility index (Phi) is 6.45. The van der Waals surface area contributed by atoms with Crippen molar-refractivity contribution in [3.8, 4) is 11.4 Å². The molecule has 1 aromatic carbocycles. The molecule has 0 spiro atoms. The highest BCUT2D eigenvalue weighted by Gasteiger charge is 2.51. The van der Waals surface area contributed by atoms with Crippen LogP contribution in [0, 0.1) is 6.92 Å². The number of hydrogen-bond donors (Lipinski definition) is 0. The molecule has 6 nitrogen and oxygen atoms in total. The van der Waals surface area contributed by atoms with Gasteiger partial charge < -0.3 is 8.99 Å². The topological polar surface area (TPSA) is 65.7 Å². The first-order valence-electron chi connectivity index (χ1n) is 13.0. The molecule has 0 radical (unpaired) electrons. The van der Waals surface area contributed by atoms with E-state index in [0.29, 0.717) is 0 Å². The summed E-state index contributed by atoms with van der Waals surface area (Å²) in [6.45, 7) is 17.7. The maximum Gasteiger partial charge on any atom is 0.192 e. The zero-order valence-corrected chi connectivity index (χ0v) is 24.6. The molecule has 0 N–H and O–H groups in total. The Morgan fingerprint density at radius 2 is 1.72 bits per heavy atom. The predicted octanol–water partition coefficient (Wildman–Crippen LogP) is 6.19. The van der Waals surface area contributed by atoms with Crippen molar-refractivity contribution in [2.45, 2.75) is 88.7 Å². The number of nitrogens with zero attached hydrogens (tertiary/aromatic N) is 5. The molecule has 0 saturated heterocycles. The van der Waals surface area contributed by atoms with Crippen molar-refractivity contribution in [1.82, 2.24) is 24.7 Å². The van der Waals surface area contributed by atoms with Crippen molar-refractivity contribution in [2.24, 2.45) is 0 Å². The number of hydrogen-bond acceptors (Lipinski definition) is 6. The van der Waals surface area contributed by atoms with Crippen molar-refractivity contribution in [1.29, 1.82) is 0 Å². The van der Waals surface area contributed by atoms with Gasteiger partial charge in [0.1, 0.15) is 11.6 Å². The molecule has 192 valence electrons. The highest BCUT2D eigenvalue weighted by Crippen LogP contribution is 2.53. The van der Waals surface area contributed by atoms with E-state index in [9.17, 15) is 0 Å². The lowest BCUT2D eigenvalue weighted by molar-refractivity contribution is 0.252. The zero-order chi connectivity index (χ0) is 25.8. The summed E-state index contributed by atoms with van der Waals surface area (Å²) in [5, 5.41) is 9.76. The minimum absolute atomic E-state index is 0.0144. The summed E-state index contributed by atoms with van der Waals surface area (Å²) in [4.78, 5) is 8.97. The van der Waals surface area contributed by atoms with Gasteiger partial charge in [-0.25, -0.2) is 9.97 Å². The van der Waals surface area contributed by atoms with Gasteiger partial charge in [-0.3, -0.25) is 0 Å². The molecule has 2 aromatic heterocycles. The fraction of sp³-hybridized carbons (Fsp3) is 0.571. The molecule has 2 aliphatic rings. The lowest BCUT2D eigenvalue weighted by Gasteiger charge is -2.39.